The summed E-state index contributed by atoms with van der Waals surface area (Å²) >= 11 is 0. The van der Waals surface area contributed by atoms with Gasteiger partial charge in [0.15, 0.2) is 0 Å². The molecular weight excluding hydrogens is 510 g/mol. The normalized spacial score (nSPS) is 15.8. The molecule has 0 unspecified atom stereocenters. The molecule has 1 aliphatic rings. The van der Waals surface area contributed by atoms with E-state index in [1.807, 2.05) is 37.3 Å². The van der Waals surface area contributed by atoms with Gasteiger partial charge < -0.3 is 10.5 Å². The van der Waals surface area contributed by atoms with Crippen LogP contribution in [0.5, 0.6) is 5.75 Å². The first-order valence-corrected chi connectivity index (χ1v) is 14.0. The van der Waals surface area contributed by atoms with Crippen LogP contribution in [0.25, 0.3) is 10.9 Å². The van der Waals surface area contributed by atoms with Crippen LogP contribution in [0.3, 0.4) is 0 Å². The number of nitrogens with two attached hydrogens (primary N) is 1. The van der Waals surface area contributed by atoms with Crippen LogP contribution in [0.1, 0.15) is 27.2 Å². The lowest BCUT2D eigenvalue weighted by Gasteiger charge is -2.37. The number of amides is 2. The van der Waals surface area contributed by atoms with E-state index < -0.39 is 27.9 Å². The number of fused-ring (bicyclic) bond motifs is 1. The first-order chi connectivity index (χ1) is 18.1. The molecule has 2 amide bonds. The molecule has 202 valence electrons. The number of nitrogens with one attached hydrogen (secondary N) is 1. The SMILES string of the molecule is Cc1cc(COc2ccc(C(N)=O)c(C[C@H](C(=O)NO)N3CCN(S(C)(=O)=O)CC3)c2)c2ccccc2n1. The predicted octanol–water partition coefficient (Wildman–Crippen LogP) is 1.21. The van der Waals surface area contributed by atoms with Crippen molar-refractivity contribution < 1.29 is 28.0 Å². The van der Waals surface area contributed by atoms with Gasteiger partial charge in [0.1, 0.15) is 12.4 Å². The number of pyridine rings is 1. The van der Waals surface area contributed by atoms with Crippen LogP contribution in [0, 0.1) is 6.92 Å². The van der Waals surface area contributed by atoms with E-state index in [-0.39, 0.29) is 44.8 Å². The number of para-hydroxylation sites is 1. The van der Waals surface area contributed by atoms with Gasteiger partial charge in [0.2, 0.25) is 15.9 Å². The van der Waals surface area contributed by atoms with E-state index in [1.165, 1.54) is 4.31 Å². The third-order valence-corrected chi connectivity index (χ3v) is 7.98. The van der Waals surface area contributed by atoms with Crippen molar-refractivity contribution in [3.8, 4) is 5.75 Å². The number of benzene rings is 2. The molecule has 0 bridgehead atoms. The van der Waals surface area contributed by atoms with Crippen LogP contribution < -0.4 is 16.0 Å². The van der Waals surface area contributed by atoms with Crippen molar-refractivity contribution >= 4 is 32.7 Å². The summed E-state index contributed by atoms with van der Waals surface area (Å²) in [5.41, 5.74) is 10.7. The zero-order chi connectivity index (χ0) is 27.4. The molecule has 11 nitrogen and oxygen atoms in total. The highest BCUT2D eigenvalue weighted by Crippen LogP contribution is 2.25. The van der Waals surface area contributed by atoms with Gasteiger partial charge in [-0.05, 0) is 49.2 Å². The van der Waals surface area contributed by atoms with Gasteiger partial charge in [0.25, 0.3) is 5.91 Å². The highest BCUT2D eigenvalue weighted by Gasteiger charge is 2.32. The molecule has 1 atom stereocenters. The van der Waals surface area contributed by atoms with Gasteiger partial charge in [0.05, 0.1) is 17.8 Å². The molecule has 4 rings (SSSR count). The molecule has 1 saturated heterocycles. The number of carbonyl (C=O) groups excluding carboxylic acids is 2. The van der Waals surface area contributed by atoms with Gasteiger partial charge in [-0.25, -0.2) is 13.9 Å². The molecule has 4 N–H and O–H groups in total. The maximum Gasteiger partial charge on any atom is 0.261 e. The number of aromatic nitrogens is 1. The second-order valence-corrected chi connectivity index (χ2v) is 11.3. The summed E-state index contributed by atoms with van der Waals surface area (Å²) in [6, 6.07) is 13.7. The van der Waals surface area contributed by atoms with Crippen molar-refractivity contribution in [1.82, 2.24) is 19.7 Å². The molecule has 3 aromatic rings. The van der Waals surface area contributed by atoms with E-state index in [0.29, 0.717) is 11.3 Å². The second kappa shape index (κ2) is 11.4. The van der Waals surface area contributed by atoms with E-state index in [4.69, 9.17) is 10.5 Å². The maximum absolute atomic E-state index is 12.6. The summed E-state index contributed by atoms with van der Waals surface area (Å²) in [4.78, 5) is 31.1. The number of primary amides is 1. The minimum atomic E-state index is -3.35. The number of sulfonamides is 1. The van der Waals surface area contributed by atoms with Crippen molar-refractivity contribution in [2.24, 2.45) is 5.73 Å². The van der Waals surface area contributed by atoms with Crippen LogP contribution in [0.2, 0.25) is 0 Å². The van der Waals surface area contributed by atoms with E-state index in [0.717, 1.165) is 28.4 Å². The summed E-state index contributed by atoms with van der Waals surface area (Å²) in [7, 11) is -3.35. The van der Waals surface area contributed by atoms with Gasteiger partial charge in [-0.3, -0.25) is 24.7 Å². The number of piperazine rings is 1. The van der Waals surface area contributed by atoms with E-state index >= 15 is 0 Å². The molecule has 12 heteroatoms. The first-order valence-electron chi connectivity index (χ1n) is 12.1. The number of hydrogen-bond donors (Lipinski definition) is 3. The lowest BCUT2D eigenvalue weighted by Crippen LogP contribution is -2.56. The monoisotopic (exact) mass is 541 g/mol. The minimum absolute atomic E-state index is 0.0536. The van der Waals surface area contributed by atoms with Gasteiger partial charge in [-0.15, -0.1) is 0 Å². The van der Waals surface area contributed by atoms with E-state index in [9.17, 15) is 23.2 Å². The fourth-order valence-corrected chi connectivity index (χ4v) is 5.59. The molecule has 1 fully saturated rings. The van der Waals surface area contributed by atoms with E-state index in [2.05, 4.69) is 4.98 Å². The number of carbonyl (C=O) groups is 2. The standard InChI is InChI=1S/C26H31N5O6S/c1-17-13-19(21-5-3-4-6-23(21)28-17)16-37-20-7-8-22(25(27)32)18(14-20)15-24(26(33)29-34)30-9-11-31(12-10-30)38(2,35)36/h3-8,13-14,24,34H,9-12,15-16H2,1-2H3,(H2,27,32)(H,29,33)/t24-/m1/s1. The lowest BCUT2D eigenvalue weighted by atomic mass is 9.97. The Bertz CT molecular complexity index is 1450. The summed E-state index contributed by atoms with van der Waals surface area (Å²) in [6.45, 7) is 3.15. The number of hydrogen-bond acceptors (Lipinski definition) is 8. The Labute approximate surface area is 221 Å². The van der Waals surface area contributed by atoms with Gasteiger partial charge in [-0.2, -0.15) is 4.31 Å². The molecule has 2 aromatic carbocycles. The van der Waals surface area contributed by atoms with Crippen LogP contribution in [-0.4, -0.2) is 78.1 Å². The topological polar surface area (TPSA) is 155 Å². The molecule has 1 aromatic heterocycles. The summed E-state index contributed by atoms with van der Waals surface area (Å²) in [5.74, 6) is -0.848. The lowest BCUT2D eigenvalue weighted by molar-refractivity contribution is -0.135. The Morgan fingerprint density at radius 3 is 2.47 bits per heavy atom. The number of aryl methyl sites for hydroxylation is 1. The van der Waals surface area contributed by atoms with Crippen LogP contribution in [0.15, 0.2) is 48.5 Å². The fraction of sp³-hybridized carbons (Fsp3) is 0.346. The van der Waals surface area contributed by atoms with Crippen molar-refractivity contribution in [3.63, 3.8) is 0 Å². The second-order valence-electron chi connectivity index (χ2n) is 9.31. The van der Waals surface area contributed by atoms with Crippen molar-refractivity contribution in [3.05, 3.63) is 70.9 Å². The predicted molar refractivity (Wildman–Crippen MR) is 141 cm³/mol. The quantitative estimate of drug-likeness (QED) is 0.270. The largest absolute Gasteiger partial charge is 0.489 e. The zero-order valence-corrected chi connectivity index (χ0v) is 22.1. The minimum Gasteiger partial charge on any atom is -0.489 e. The summed E-state index contributed by atoms with van der Waals surface area (Å²) in [6.07, 6.45) is 1.19. The number of nitrogens with zero attached hydrogens (tertiary/aromatic N) is 3. The van der Waals surface area contributed by atoms with Gasteiger partial charge in [0, 0.05) is 48.4 Å². The molecule has 2 heterocycles. The average Bonchev–Trinajstić information content (AvgIpc) is 2.89. The average molecular weight is 542 g/mol. The first kappa shape index (κ1) is 27.5. The molecule has 0 spiro atoms. The highest BCUT2D eigenvalue weighted by molar-refractivity contribution is 7.88. The molecule has 0 saturated carbocycles. The number of ether oxygens (including phenoxy) is 1. The summed E-state index contributed by atoms with van der Waals surface area (Å²) in [5, 5.41) is 10.4. The van der Waals surface area contributed by atoms with Crippen LogP contribution in [-0.2, 0) is 27.8 Å². The Morgan fingerprint density at radius 1 is 1.11 bits per heavy atom. The molecule has 38 heavy (non-hydrogen) atoms. The Hall–Kier alpha value is -3.58. The van der Waals surface area contributed by atoms with Gasteiger partial charge in [-0.1, -0.05) is 18.2 Å². The van der Waals surface area contributed by atoms with Crippen molar-refractivity contribution in [2.45, 2.75) is 26.0 Å². The fourth-order valence-electron chi connectivity index (χ4n) is 4.76. The van der Waals surface area contributed by atoms with Crippen LogP contribution >= 0.6 is 0 Å². The Balaban J connectivity index is 1.57. The van der Waals surface area contributed by atoms with E-state index in [1.54, 1.807) is 28.6 Å². The third-order valence-electron chi connectivity index (χ3n) is 6.68. The summed E-state index contributed by atoms with van der Waals surface area (Å²) < 4.78 is 31.2. The van der Waals surface area contributed by atoms with Crippen LogP contribution in [0.4, 0.5) is 0 Å². The van der Waals surface area contributed by atoms with Crippen molar-refractivity contribution in [2.75, 3.05) is 32.4 Å². The maximum atomic E-state index is 12.6. The Kier molecular flexibility index (Phi) is 8.26. The zero-order valence-electron chi connectivity index (χ0n) is 21.3. The molecular formula is C26H31N5O6S. The molecule has 0 radical (unpaired) electrons. The number of rotatable bonds is 9. The molecule has 1 aliphatic heterocycles. The van der Waals surface area contributed by atoms with Crippen molar-refractivity contribution in [1.29, 1.82) is 0 Å². The Morgan fingerprint density at radius 2 is 1.82 bits per heavy atom. The number of hydroxylamine groups is 1. The highest BCUT2D eigenvalue weighted by atomic mass is 32.2. The van der Waals surface area contributed by atoms with Gasteiger partial charge >= 0.3 is 0 Å². The third kappa shape index (κ3) is 6.27. The smallest absolute Gasteiger partial charge is 0.261 e. The molecule has 0 aliphatic carbocycles.